The Hall–Kier alpha value is -2.90. The Bertz CT molecular complexity index is 840. The van der Waals surface area contributed by atoms with Crippen LogP contribution in [0, 0.1) is 11.6 Å². The molecule has 0 saturated carbocycles. The van der Waals surface area contributed by atoms with Gasteiger partial charge < -0.3 is 10.6 Å². The van der Waals surface area contributed by atoms with E-state index in [0.717, 1.165) is 6.07 Å². The van der Waals surface area contributed by atoms with E-state index >= 15 is 0 Å². The second kappa shape index (κ2) is 5.63. The highest BCUT2D eigenvalue weighted by Crippen LogP contribution is 2.35. The van der Waals surface area contributed by atoms with Crippen LogP contribution in [0.2, 0.25) is 0 Å². The van der Waals surface area contributed by atoms with Crippen molar-refractivity contribution in [1.82, 2.24) is 14.9 Å². The van der Waals surface area contributed by atoms with Gasteiger partial charge in [-0.05, 0) is 13.0 Å². The van der Waals surface area contributed by atoms with E-state index in [1.165, 1.54) is 29.7 Å². The molecule has 0 aliphatic carbocycles. The summed E-state index contributed by atoms with van der Waals surface area (Å²) in [6, 6.07) is 2.16. The standard InChI is InChI=1S/C16H15F2N5O/c1-16(7-23(2)15(24)14(19)22-16)11-3-10(12(17)4-13(11)18)9-5-20-8-21-6-9/h3-6,8H,7H2,1-2H3,(H2,19,22)/t16-/m0/s1. The Morgan fingerprint density at radius 2 is 1.88 bits per heavy atom. The zero-order valence-electron chi connectivity index (χ0n) is 13.1. The number of carbonyl (C=O) groups is 1. The first-order valence-corrected chi connectivity index (χ1v) is 7.17. The normalized spacial score (nSPS) is 20.9. The molecule has 1 atom stereocenters. The van der Waals surface area contributed by atoms with Crippen molar-refractivity contribution in [2.75, 3.05) is 13.6 Å². The molecule has 3 rings (SSSR count). The van der Waals surface area contributed by atoms with Crippen molar-refractivity contribution in [1.29, 1.82) is 0 Å². The largest absolute Gasteiger partial charge is 0.379 e. The van der Waals surface area contributed by atoms with Crippen molar-refractivity contribution in [3.63, 3.8) is 0 Å². The van der Waals surface area contributed by atoms with Gasteiger partial charge in [-0.1, -0.05) is 0 Å². The number of rotatable bonds is 2. The number of hydrogen-bond acceptors (Lipinski definition) is 5. The fraction of sp³-hybridized carbons (Fsp3) is 0.250. The van der Waals surface area contributed by atoms with E-state index in [1.54, 1.807) is 14.0 Å². The van der Waals surface area contributed by atoms with Gasteiger partial charge in [0.1, 0.15) is 23.5 Å². The number of carbonyl (C=O) groups excluding carboxylic acids is 1. The van der Waals surface area contributed by atoms with E-state index in [4.69, 9.17) is 5.73 Å². The van der Waals surface area contributed by atoms with Gasteiger partial charge in [-0.15, -0.1) is 0 Å². The number of aliphatic imine (C=N–C) groups is 1. The van der Waals surface area contributed by atoms with Crippen LogP contribution >= 0.6 is 0 Å². The van der Waals surface area contributed by atoms with E-state index in [9.17, 15) is 13.6 Å². The van der Waals surface area contributed by atoms with Gasteiger partial charge in [-0.2, -0.15) is 0 Å². The quantitative estimate of drug-likeness (QED) is 0.903. The molecule has 1 aromatic heterocycles. The first kappa shape index (κ1) is 16.0. The van der Waals surface area contributed by atoms with Crippen molar-refractivity contribution < 1.29 is 13.6 Å². The fourth-order valence-corrected chi connectivity index (χ4v) is 2.84. The third-order valence-electron chi connectivity index (χ3n) is 3.99. The van der Waals surface area contributed by atoms with Crippen molar-refractivity contribution in [3.05, 3.63) is 48.1 Å². The number of nitrogens with two attached hydrogens (primary N) is 1. The van der Waals surface area contributed by atoms with Crippen LogP contribution in [0.1, 0.15) is 12.5 Å². The van der Waals surface area contributed by atoms with E-state index in [0.29, 0.717) is 5.56 Å². The first-order valence-electron chi connectivity index (χ1n) is 7.17. The Balaban J connectivity index is 2.17. The molecule has 1 aromatic carbocycles. The lowest BCUT2D eigenvalue weighted by Gasteiger charge is -2.35. The maximum Gasteiger partial charge on any atom is 0.288 e. The number of amidine groups is 1. The minimum Gasteiger partial charge on any atom is -0.379 e. The zero-order valence-corrected chi connectivity index (χ0v) is 13.1. The second-order valence-electron chi connectivity index (χ2n) is 5.87. The molecule has 2 aromatic rings. The smallest absolute Gasteiger partial charge is 0.288 e. The summed E-state index contributed by atoms with van der Waals surface area (Å²) in [6.07, 6.45) is 4.19. The summed E-state index contributed by atoms with van der Waals surface area (Å²) in [4.78, 5) is 25.0. The molecule has 2 N–H and O–H groups in total. The molecular formula is C16H15F2N5O. The number of aromatic nitrogens is 2. The lowest BCUT2D eigenvalue weighted by atomic mass is 9.88. The molecular weight excluding hydrogens is 316 g/mol. The number of benzene rings is 1. The van der Waals surface area contributed by atoms with Crippen LogP contribution < -0.4 is 5.73 Å². The summed E-state index contributed by atoms with van der Waals surface area (Å²) in [7, 11) is 1.55. The minimum absolute atomic E-state index is 0.125. The molecule has 0 bridgehead atoms. The van der Waals surface area contributed by atoms with Crippen LogP contribution in [0.5, 0.6) is 0 Å². The lowest BCUT2D eigenvalue weighted by Crippen LogP contribution is -2.50. The molecule has 2 heterocycles. The average Bonchev–Trinajstić information content (AvgIpc) is 2.53. The van der Waals surface area contributed by atoms with Crippen LogP contribution in [0.25, 0.3) is 11.1 Å². The lowest BCUT2D eigenvalue weighted by molar-refractivity contribution is -0.124. The highest BCUT2D eigenvalue weighted by atomic mass is 19.1. The highest BCUT2D eigenvalue weighted by Gasteiger charge is 2.38. The molecule has 0 saturated heterocycles. The molecule has 8 heteroatoms. The van der Waals surface area contributed by atoms with Gasteiger partial charge >= 0.3 is 0 Å². The van der Waals surface area contributed by atoms with Gasteiger partial charge in [-0.25, -0.2) is 18.7 Å². The summed E-state index contributed by atoms with van der Waals surface area (Å²) in [6.45, 7) is 1.77. The van der Waals surface area contributed by atoms with Gasteiger partial charge in [0.2, 0.25) is 0 Å². The summed E-state index contributed by atoms with van der Waals surface area (Å²) in [5.41, 5.74) is 5.25. The molecule has 0 spiro atoms. The molecule has 0 fully saturated rings. The van der Waals surface area contributed by atoms with Crippen molar-refractivity contribution in [2.45, 2.75) is 12.5 Å². The average molecular weight is 331 g/mol. The topological polar surface area (TPSA) is 84.5 Å². The summed E-state index contributed by atoms with van der Waals surface area (Å²) < 4.78 is 28.6. The van der Waals surface area contributed by atoms with E-state index in [-0.39, 0.29) is 23.5 Å². The third-order valence-corrected chi connectivity index (χ3v) is 3.99. The van der Waals surface area contributed by atoms with Crippen LogP contribution in [-0.2, 0) is 10.3 Å². The van der Waals surface area contributed by atoms with Crippen LogP contribution in [0.4, 0.5) is 8.78 Å². The van der Waals surface area contributed by atoms with E-state index in [2.05, 4.69) is 15.0 Å². The Labute approximate surface area is 137 Å². The molecule has 0 unspecified atom stereocenters. The maximum absolute atomic E-state index is 14.4. The Morgan fingerprint density at radius 1 is 1.21 bits per heavy atom. The molecule has 24 heavy (non-hydrogen) atoms. The molecule has 0 radical (unpaired) electrons. The number of hydrogen-bond donors (Lipinski definition) is 1. The molecule has 124 valence electrons. The Kier molecular flexibility index (Phi) is 3.75. The number of nitrogens with zero attached hydrogens (tertiary/aromatic N) is 4. The summed E-state index contributed by atoms with van der Waals surface area (Å²) in [5, 5.41) is 0. The highest BCUT2D eigenvalue weighted by molar-refractivity contribution is 6.37. The SMILES string of the molecule is CN1C[C@@](C)(c2cc(-c3cncnc3)c(F)cc2F)N=C(N)C1=O. The van der Waals surface area contributed by atoms with E-state index in [1.807, 2.05) is 0 Å². The van der Waals surface area contributed by atoms with Gasteiger partial charge in [0.25, 0.3) is 5.91 Å². The summed E-state index contributed by atoms with van der Waals surface area (Å²) >= 11 is 0. The van der Waals surface area contributed by atoms with Gasteiger partial charge in [-0.3, -0.25) is 9.79 Å². The molecule has 6 nitrogen and oxygen atoms in total. The van der Waals surface area contributed by atoms with Gasteiger partial charge in [0.05, 0.1) is 6.54 Å². The molecule has 1 aliphatic rings. The van der Waals surface area contributed by atoms with Crippen LogP contribution in [-0.4, -0.2) is 40.2 Å². The fourth-order valence-electron chi connectivity index (χ4n) is 2.84. The van der Waals surface area contributed by atoms with E-state index < -0.39 is 23.1 Å². The van der Waals surface area contributed by atoms with Crippen molar-refractivity contribution >= 4 is 11.7 Å². The third kappa shape index (κ3) is 2.60. The molecule has 1 aliphatic heterocycles. The Morgan fingerprint density at radius 3 is 2.50 bits per heavy atom. The first-order chi connectivity index (χ1) is 11.3. The predicted molar refractivity (Wildman–Crippen MR) is 84.0 cm³/mol. The van der Waals surface area contributed by atoms with Crippen LogP contribution in [0.3, 0.4) is 0 Å². The second-order valence-corrected chi connectivity index (χ2v) is 5.87. The number of halogens is 2. The molecule has 1 amide bonds. The van der Waals surface area contributed by atoms with Gasteiger partial charge in [0.15, 0.2) is 5.84 Å². The van der Waals surface area contributed by atoms with Crippen molar-refractivity contribution in [2.24, 2.45) is 10.7 Å². The van der Waals surface area contributed by atoms with Crippen LogP contribution in [0.15, 0.2) is 35.8 Å². The zero-order chi connectivity index (χ0) is 17.5. The predicted octanol–water partition coefficient (Wildman–Crippen LogP) is 1.47. The number of likely N-dealkylation sites (N-methyl/N-ethyl adjacent to an activating group) is 1. The monoisotopic (exact) mass is 331 g/mol. The summed E-state index contributed by atoms with van der Waals surface area (Å²) in [5.74, 6) is -2.12. The van der Waals surface area contributed by atoms with Crippen molar-refractivity contribution in [3.8, 4) is 11.1 Å². The maximum atomic E-state index is 14.4. The van der Waals surface area contributed by atoms with Gasteiger partial charge in [0, 0.05) is 42.2 Å². The number of amides is 1. The minimum atomic E-state index is -1.12.